The average Bonchev–Trinajstić information content (AvgIpc) is 2.87. The van der Waals surface area contributed by atoms with Crippen LogP contribution in [-0.2, 0) is 18.0 Å². The van der Waals surface area contributed by atoms with Crippen molar-refractivity contribution < 1.29 is 18.0 Å². The maximum Gasteiger partial charge on any atom is 0.451 e. The van der Waals surface area contributed by atoms with Crippen LogP contribution in [0.2, 0.25) is 0 Å². The molecule has 2 rings (SSSR count). The normalized spacial score (nSPS) is 13.0. The van der Waals surface area contributed by atoms with Crippen molar-refractivity contribution in [1.82, 2.24) is 14.8 Å². The van der Waals surface area contributed by atoms with Crippen LogP contribution in [0.1, 0.15) is 12.7 Å². The molecule has 1 amide bonds. The number of carbonyl (C=O) groups excluding carboxylic acids is 1. The van der Waals surface area contributed by atoms with Crippen molar-refractivity contribution in [2.75, 3.05) is 11.9 Å². The molecule has 0 radical (unpaired) electrons. The zero-order chi connectivity index (χ0) is 17.2. The minimum Gasteiger partial charge on any atom is -0.315 e. The van der Waals surface area contributed by atoms with Crippen LogP contribution in [-0.4, -0.2) is 33.0 Å². The van der Waals surface area contributed by atoms with Gasteiger partial charge in [-0.05, 0) is 19.1 Å². The van der Waals surface area contributed by atoms with Gasteiger partial charge in [-0.15, -0.1) is 10.2 Å². The molecule has 9 heteroatoms. The minimum atomic E-state index is -4.57. The van der Waals surface area contributed by atoms with E-state index in [1.54, 1.807) is 38.2 Å². The van der Waals surface area contributed by atoms with E-state index >= 15 is 0 Å². The molecule has 0 unspecified atom stereocenters. The van der Waals surface area contributed by atoms with E-state index in [9.17, 15) is 18.0 Å². The van der Waals surface area contributed by atoms with Crippen LogP contribution < -0.4 is 4.90 Å². The SMILES string of the molecule is C[C@@H](Sc1nnc(C(F)(F)F)n1C)C(=O)N(C)c1ccccc1. The van der Waals surface area contributed by atoms with Gasteiger partial charge in [0, 0.05) is 19.8 Å². The number of rotatable bonds is 4. The highest BCUT2D eigenvalue weighted by atomic mass is 32.2. The Bertz CT molecular complexity index is 687. The van der Waals surface area contributed by atoms with Gasteiger partial charge < -0.3 is 9.47 Å². The van der Waals surface area contributed by atoms with E-state index in [1.807, 2.05) is 6.07 Å². The topological polar surface area (TPSA) is 51.0 Å². The van der Waals surface area contributed by atoms with Crippen LogP contribution in [0.5, 0.6) is 0 Å². The molecule has 0 aliphatic rings. The summed E-state index contributed by atoms with van der Waals surface area (Å²) in [5.74, 6) is -1.33. The Morgan fingerprint density at radius 3 is 2.39 bits per heavy atom. The van der Waals surface area contributed by atoms with Crippen LogP contribution in [0.25, 0.3) is 0 Å². The summed E-state index contributed by atoms with van der Waals surface area (Å²) in [6, 6.07) is 8.99. The van der Waals surface area contributed by atoms with Crippen LogP contribution in [0.15, 0.2) is 35.5 Å². The zero-order valence-corrected chi connectivity index (χ0v) is 13.5. The van der Waals surface area contributed by atoms with Gasteiger partial charge in [-0.2, -0.15) is 13.2 Å². The summed E-state index contributed by atoms with van der Waals surface area (Å²) in [6.07, 6.45) is -4.57. The second-order valence-electron chi connectivity index (χ2n) is 4.86. The van der Waals surface area contributed by atoms with Gasteiger partial charge in [0.1, 0.15) is 0 Å². The van der Waals surface area contributed by atoms with Crippen LogP contribution in [0.3, 0.4) is 0 Å². The van der Waals surface area contributed by atoms with E-state index in [-0.39, 0.29) is 11.1 Å². The molecule has 0 fully saturated rings. The van der Waals surface area contributed by atoms with Gasteiger partial charge in [0.2, 0.25) is 11.7 Å². The number of hydrogen-bond acceptors (Lipinski definition) is 4. The second-order valence-corrected chi connectivity index (χ2v) is 6.16. The molecule has 5 nitrogen and oxygen atoms in total. The van der Waals surface area contributed by atoms with Crippen LogP contribution >= 0.6 is 11.8 Å². The molecule has 1 heterocycles. The highest BCUT2D eigenvalue weighted by Crippen LogP contribution is 2.31. The fraction of sp³-hybridized carbons (Fsp3) is 0.357. The van der Waals surface area contributed by atoms with E-state index in [1.165, 1.54) is 11.9 Å². The fourth-order valence-corrected chi connectivity index (χ4v) is 2.83. The quantitative estimate of drug-likeness (QED) is 0.800. The molecule has 0 spiro atoms. The molecule has 1 aromatic heterocycles. The van der Waals surface area contributed by atoms with E-state index in [4.69, 9.17) is 0 Å². The molecule has 23 heavy (non-hydrogen) atoms. The van der Waals surface area contributed by atoms with Crippen molar-refractivity contribution in [3.8, 4) is 0 Å². The standard InChI is InChI=1S/C14H15F3N4OS/c1-9(11(22)20(2)10-7-5-4-6-8-10)23-13-19-18-12(21(13)3)14(15,16)17/h4-9H,1-3H3/t9-/m1/s1. The molecular weight excluding hydrogens is 329 g/mol. The smallest absolute Gasteiger partial charge is 0.315 e. The van der Waals surface area contributed by atoms with Crippen molar-refractivity contribution in [1.29, 1.82) is 0 Å². The third-order valence-corrected chi connectivity index (χ3v) is 4.31. The number of alkyl halides is 3. The molecule has 124 valence electrons. The Balaban J connectivity index is 2.12. The van der Waals surface area contributed by atoms with Crippen molar-refractivity contribution in [3.63, 3.8) is 0 Å². The second kappa shape index (κ2) is 6.61. The summed E-state index contributed by atoms with van der Waals surface area (Å²) in [5, 5.41) is 6.10. The van der Waals surface area contributed by atoms with Crippen molar-refractivity contribution in [3.05, 3.63) is 36.2 Å². The number of aromatic nitrogens is 3. The van der Waals surface area contributed by atoms with E-state index in [2.05, 4.69) is 10.2 Å². The Hall–Kier alpha value is -2.03. The molecule has 0 aliphatic heterocycles. The Morgan fingerprint density at radius 2 is 1.87 bits per heavy atom. The number of anilines is 1. The summed E-state index contributed by atoms with van der Waals surface area (Å²) in [5.41, 5.74) is 0.707. The van der Waals surface area contributed by atoms with Crippen LogP contribution in [0, 0.1) is 0 Å². The molecule has 0 aliphatic carbocycles. The minimum absolute atomic E-state index is 0.0413. The van der Waals surface area contributed by atoms with E-state index in [0.29, 0.717) is 5.69 Å². The van der Waals surface area contributed by atoms with Gasteiger partial charge in [-0.25, -0.2) is 0 Å². The molecule has 2 aromatic rings. The van der Waals surface area contributed by atoms with Gasteiger partial charge in [0.15, 0.2) is 5.16 Å². The average molecular weight is 344 g/mol. The number of nitrogens with zero attached hydrogens (tertiary/aromatic N) is 4. The first-order chi connectivity index (χ1) is 10.7. The summed E-state index contributed by atoms with van der Waals surface area (Å²) in [4.78, 5) is 13.8. The van der Waals surface area contributed by atoms with Gasteiger partial charge in [0.05, 0.1) is 5.25 Å². The lowest BCUT2D eigenvalue weighted by molar-refractivity contribution is -0.147. The Kier molecular flexibility index (Phi) is 4.98. The first kappa shape index (κ1) is 17.3. The molecule has 0 bridgehead atoms. The van der Waals surface area contributed by atoms with Gasteiger partial charge >= 0.3 is 6.18 Å². The summed E-state index contributed by atoms with van der Waals surface area (Å²) < 4.78 is 38.9. The highest BCUT2D eigenvalue weighted by molar-refractivity contribution is 8.00. The van der Waals surface area contributed by atoms with E-state index in [0.717, 1.165) is 16.3 Å². The Morgan fingerprint density at radius 1 is 1.26 bits per heavy atom. The lowest BCUT2D eigenvalue weighted by Gasteiger charge is -2.20. The number of carbonyl (C=O) groups is 1. The van der Waals surface area contributed by atoms with Crippen molar-refractivity contribution >= 4 is 23.4 Å². The maximum absolute atomic E-state index is 12.7. The summed E-state index contributed by atoms with van der Waals surface area (Å²) in [7, 11) is 2.84. The predicted octanol–water partition coefficient (Wildman–Crippen LogP) is 2.98. The number of halogens is 3. The fourth-order valence-electron chi connectivity index (χ4n) is 1.92. The van der Waals surface area contributed by atoms with Crippen LogP contribution in [0.4, 0.5) is 18.9 Å². The monoisotopic (exact) mass is 344 g/mol. The molecule has 0 N–H and O–H groups in total. The number of benzene rings is 1. The van der Waals surface area contributed by atoms with E-state index < -0.39 is 17.3 Å². The summed E-state index contributed by atoms with van der Waals surface area (Å²) in [6.45, 7) is 1.62. The Labute approximate surface area is 135 Å². The maximum atomic E-state index is 12.7. The zero-order valence-electron chi connectivity index (χ0n) is 12.7. The third-order valence-electron chi connectivity index (χ3n) is 3.19. The lowest BCUT2D eigenvalue weighted by atomic mass is 10.3. The number of hydrogen-bond donors (Lipinski definition) is 0. The van der Waals surface area contributed by atoms with Gasteiger partial charge in [-0.3, -0.25) is 4.79 Å². The lowest BCUT2D eigenvalue weighted by Crippen LogP contribution is -2.33. The predicted molar refractivity (Wildman–Crippen MR) is 81.2 cm³/mol. The highest BCUT2D eigenvalue weighted by Gasteiger charge is 2.38. The van der Waals surface area contributed by atoms with Crippen molar-refractivity contribution in [2.45, 2.75) is 23.5 Å². The molecule has 0 saturated heterocycles. The first-order valence-electron chi connectivity index (χ1n) is 6.67. The third kappa shape index (κ3) is 3.84. The first-order valence-corrected chi connectivity index (χ1v) is 7.55. The largest absolute Gasteiger partial charge is 0.451 e. The number of thioether (sulfide) groups is 1. The molecular formula is C14H15F3N4OS. The number of amides is 1. The molecule has 1 aromatic carbocycles. The van der Waals surface area contributed by atoms with Gasteiger partial charge in [-0.1, -0.05) is 30.0 Å². The van der Waals surface area contributed by atoms with Crippen molar-refractivity contribution in [2.24, 2.45) is 7.05 Å². The molecule has 1 atom stereocenters. The number of para-hydroxylation sites is 1. The van der Waals surface area contributed by atoms with Gasteiger partial charge in [0.25, 0.3) is 0 Å². The summed E-state index contributed by atoms with van der Waals surface area (Å²) >= 11 is 0.936. The molecule has 0 saturated carbocycles.